The summed E-state index contributed by atoms with van der Waals surface area (Å²) in [5, 5.41) is 3.44. The first kappa shape index (κ1) is 26.7. The number of hydrogen-bond donors (Lipinski definition) is 1. The minimum Gasteiger partial charge on any atom is -0.350 e. The number of halogens is 1. The van der Waals surface area contributed by atoms with E-state index in [2.05, 4.69) is 5.32 Å². The lowest BCUT2D eigenvalue weighted by Gasteiger charge is -2.33. The van der Waals surface area contributed by atoms with Gasteiger partial charge in [0, 0.05) is 17.1 Å². The number of rotatable bonds is 8. The largest absolute Gasteiger partial charge is 0.350 e. The predicted octanol–water partition coefficient (Wildman–Crippen LogP) is 3.75. The van der Waals surface area contributed by atoms with Gasteiger partial charge >= 0.3 is 0 Å². The first-order valence-electron chi connectivity index (χ1n) is 10.6. The summed E-state index contributed by atoms with van der Waals surface area (Å²) in [6.07, 6.45) is 1.06. The molecule has 1 N–H and O–H groups in total. The first-order chi connectivity index (χ1) is 15.2. The maximum atomic E-state index is 13.5. The van der Waals surface area contributed by atoms with Crippen LogP contribution in [0.3, 0.4) is 0 Å². The predicted molar refractivity (Wildman–Crippen MR) is 133 cm³/mol. The van der Waals surface area contributed by atoms with Gasteiger partial charge in [-0.25, -0.2) is 8.42 Å². The van der Waals surface area contributed by atoms with Gasteiger partial charge < -0.3 is 10.2 Å². The Bertz CT molecular complexity index is 1100. The summed E-state index contributed by atoms with van der Waals surface area (Å²) in [7, 11) is -3.75. The summed E-state index contributed by atoms with van der Waals surface area (Å²) in [6.45, 7) is 8.73. The van der Waals surface area contributed by atoms with Crippen molar-refractivity contribution in [3.8, 4) is 0 Å². The van der Waals surface area contributed by atoms with Crippen molar-refractivity contribution in [1.29, 1.82) is 0 Å². The molecule has 180 valence electrons. The van der Waals surface area contributed by atoms with Crippen LogP contribution < -0.4 is 9.62 Å². The minimum atomic E-state index is -3.75. The van der Waals surface area contributed by atoms with Crippen LogP contribution in [-0.4, -0.2) is 49.5 Å². The van der Waals surface area contributed by atoms with Crippen LogP contribution in [0.1, 0.15) is 38.8 Å². The van der Waals surface area contributed by atoms with E-state index in [0.717, 1.165) is 21.7 Å². The van der Waals surface area contributed by atoms with Gasteiger partial charge in [0.25, 0.3) is 0 Å². The molecule has 0 aliphatic rings. The SMILES string of the molecule is Cc1cccc(N(CC(=O)N(Cc2ccc(Cl)cc2)C(C)C(=O)NC(C)(C)C)S(C)(=O)=O)c1. The molecular weight excluding hydrogens is 462 g/mol. The second-order valence-corrected chi connectivity index (χ2v) is 11.5. The van der Waals surface area contributed by atoms with E-state index in [0.29, 0.717) is 10.7 Å². The number of benzene rings is 2. The van der Waals surface area contributed by atoms with Crippen LogP contribution in [0.15, 0.2) is 48.5 Å². The molecule has 33 heavy (non-hydrogen) atoms. The van der Waals surface area contributed by atoms with Crippen LogP contribution in [0.2, 0.25) is 5.02 Å². The third-order valence-corrected chi connectivity index (χ3v) is 6.29. The highest BCUT2D eigenvalue weighted by molar-refractivity contribution is 7.92. The molecule has 0 aliphatic heterocycles. The fourth-order valence-electron chi connectivity index (χ4n) is 3.24. The lowest BCUT2D eigenvalue weighted by Crippen LogP contribution is -2.54. The maximum absolute atomic E-state index is 13.5. The second-order valence-electron chi connectivity index (χ2n) is 9.17. The smallest absolute Gasteiger partial charge is 0.244 e. The van der Waals surface area contributed by atoms with E-state index in [4.69, 9.17) is 11.6 Å². The van der Waals surface area contributed by atoms with Crippen molar-refractivity contribution in [3.05, 3.63) is 64.7 Å². The quantitative estimate of drug-likeness (QED) is 0.606. The van der Waals surface area contributed by atoms with E-state index in [1.807, 2.05) is 33.8 Å². The minimum absolute atomic E-state index is 0.125. The van der Waals surface area contributed by atoms with Gasteiger partial charge in [0.05, 0.1) is 11.9 Å². The van der Waals surface area contributed by atoms with Crippen molar-refractivity contribution < 1.29 is 18.0 Å². The van der Waals surface area contributed by atoms with E-state index in [9.17, 15) is 18.0 Å². The zero-order valence-electron chi connectivity index (χ0n) is 19.9. The Morgan fingerprint density at radius 1 is 1.09 bits per heavy atom. The number of hydrogen-bond acceptors (Lipinski definition) is 4. The van der Waals surface area contributed by atoms with Gasteiger partial charge in [0.15, 0.2) is 0 Å². The van der Waals surface area contributed by atoms with Gasteiger partial charge in [0.1, 0.15) is 12.6 Å². The summed E-state index contributed by atoms with van der Waals surface area (Å²) < 4.78 is 26.2. The average molecular weight is 494 g/mol. The number of aryl methyl sites for hydroxylation is 1. The third-order valence-electron chi connectivity index (χ3n) is 4.90. The van der Waals surface area contributed by atoms with E-state index in [1.165, 1.54) is 4.90 Å². The lowest BCUT2D eigenvalue weighted by molar-refractivity contribution is -0.140. The topological polar surface area (TPSA) is 86.8 Å². The number of nitrogens with zero attached hydrogens (tertiary/aromatic N) is 2. The normalized spacial score (nSPS) is 12.7. The van der Waals surface area contributed by atoms with Gasteiger partial charge in [-0.15, -0.1) is 0 Å². The highest BCUT2D eigenvalue weighted by Gasteiger charge is 2.31. The first-order valence-corrected chi connectivity index (χ1v) is 12.8. The highest BCUT2D eigenvalue weighted by Crippen LogP contribution is 2.21. The van der Waals surface area contributed by atoms with E-state index in [-0.39, 0.29) is 12.5 Å². The molecule has 2 aromatic rings. The van der Waals surface area contributed by atoms with Crippen molar-refractivity contribution in [2.45, 2.75) is 52.7 Å². The highest BCUT2D eigenvalue weighted by atomic mass is 35.5. The van der Waals surface area contributed by atoms with Gasteiger partial charge in [-0.3, -0.25) is 13.9 Å². The molecule has 1 atom stereocenters. The lowest BCUT2D eigenvalue weighted by atomic mass is 10.1. The van der Waals surface area contributed by atoms with Crippen LogP contribution in [0.4, 0.5) is 5.69 Å². The van der Waals surface area contributed by atoms with Crippen molar-refractivity contribution in [1.82, 2.24) is 10.2 Å². The Balaban J connectivity index is 2.39. The Morgan fingerprint density at radius 3 is 2.21 bits per heavy atom. The Hall–Kier alpha value is -2.58. The number of carbonyl (C=O) groups excluding carboxylic acids is 2. The molecular formula is C24H32ClN3O4S. The molecule has 0 aromatic heterocycles. The zero-order chi connectivity index (χ0) is 25.0. The molecule has 2 rings (SSSR count). The maximum Gasteiger partial charge on any atom is 0.244 e. The van der Waals surface area contributed by atoms with Gasteiger partial charge in [0.2, 0.25) is 21.8 Å². The number of amides is 2. The third kappa shape index (κ3) is 8.05. The second kappa shape index (κ2) is 10.6. The van der Waals surface area contributed by atoms with Gasteiger partial charge in [-0.1, -0.05) is 35.9 Å². The van der Waals surface area contributed by atoms with E-state index >= 15 is 0 Å². The summed E-state index contributed by atoms with van der Waals surface area (Å²) in [4.78, 5) is 27.7. The van der Waals surface area contributed by atoms with Crippen molar-refractivity contribution in [2.75, 3.05) is 17.1 Å². The van der Waals surface area contributed by atoms with Crippen LogP contribution >= 0.6 is 11.6 Å². The summed E-state index contributed by atoms with van der Waals surface area (Å²) in [6, 6.07) is 13.0. The van der Waals surface area contributed by atoms with Crippen molar-refractivity contribution in [3.63, 3.8) is 0 Å². The van der Waals surface area contributed by atoms with Crippen LogP contribution in [0, 0.1) is 6.92 Å². The number of nitrogens with one attached hydrogen (secondary N) is 1. The molecule has 0 spiro atoms. The monoisotopic (exact) mass is 493 g/mol. The summed E-state index contributed by atoms with van der Waals surface area (Å²) in [5.74, 6) is -0.820. The van der Waals surface area contributed by atoms with Crippen LogP contribution in [-0.2, 0) is 26.2 Å². The number of carbonyl (C=O) groups is 2. The molecule has 2 amide bonds. The summed E-state index contributed by atoms with van der Waals surface area (Å²) in [5.41, 5.74) is 1.54. The molecule has 0 fully saturated rings. The van der Waals surface area contributed by atoms with Crippen LogP contribution in [0.5, 0.6) is 0 Å². The fourth-order valence-corrected chi connectivity index (χ4v) is 4.21. The summed E-state index contributed by atoms with van der Waals surface area (Å²) >= 11 is 5.98. The molecule has 0 aliphatic carbocycles. The van der Waals surface area contributed by atoms with Crippen LogP contribution in [0.25, 0.3) is 0 Å². The van der Waals surface area contributed by atoms with Gasteiger partial charge in [-0.2, -0.15) is 0 Å². The van der Waals surface area contributed by atoms with Crippen molar-refractivity contribution >= 4 is 39.1 Å². The molecule has 0 saturated heterocycles. The number of sulfonamides is 1. The molecule has 0 saturated carbocycles. The van der Waals surface area contributed by atoms with Gasteiger partial charge in [-0.05, 0) is 70.0 Å². The molecule has 0 heterocycles. The number of anilines is 1. The molecule has 2 aromatic carbocycles. The molecule has 0 bridgehead atoms. The average Bonchev–Trinajstić information content (AvgIpc) is 2.68. The molecule has 1 unspecified atom stereocenters. The van der Waals surface area contributed by atoms with E-state index < -0.39 is 34.1 Å². The molecule has 9 heteroatoms. The van der Waals surface area contributed by atoms with Crippen molar-refractivity contribution in [2.24, 2.45) is 0 Å². The Morgan fingerprint density at radius 2 is 1.70 bits per heavy atom. The molecule has 7 nitrogen and oxygen atoms in total. The molecule has 0 radical (unpaired) electrons. The zero-order valence-corrected chi connectivity index (χ0v) is 21.5. The van der Waals surface area contributed by atoms with E-state index in [1.54, 1.807) is 49.4 Å². The Kier molecular flexibility index (Phi) is 8.54. The Labute approximate surface area is 201 Å². The fraction of sp³-hybridized carbons (Fsp3) is 0.417. The standard InChI is InChI=1S/C24H32ClN3O4S/c1-17-8-7-9-21(14-17)28(33(6,31)32)16-22(29)27(15-19-10-12-20(25)13-11-19)18(2)23(30)26-24(3,4)5/h7-14,18H,15-16H2,1-6H3,(H,26,30).